The van der Waals surface area contributed by atoms with E-state index in [0.29, 0.717) is 0 Å². The van der Waals surface area contributed by atoms with E-state index in [9.17, 15) is 0 Å². The molecule has 9 heavy (non-hydrogen) atoms. The van der Waals surface area contributed by atoms with Gasteiger partial charge in [0.2, 0.25) is 0 Å². The maximum Gasteiger partial charge on any atom is 0.277 e. The van der Waals surface area contributed by atoms with E-state index < -0.39 is 0 Å². The van der Waals surface area contributed by atoms with Gasteiger partial charge in [0.05, 0.1) is 6.92 Å². The quantitative estimate of drug-likeness (QED) is 0.536. The molecule has 0 aromatic rings. The summed E-state index contributed by atoms with van der Waals surface area (Å²) < 4.78 is 0. The fourth-order valence-corrected chi connectivity index (χ4v) is 0.678. The van der Waals surface area contributed by atoms with Gasteiger partial charge in [-0.15, -0.1) is 0 Å². The maximum atomic E-state index is 4.24. The normalized spacial score (nSPS) is 10.2. The lowest BCUT2D eigenvalue weighted by molar-refractivity contribution is 0.516. The van der Waals surface area contributed by atoms with Gasteiger partial charge in [0, 0.05) is 19.8 Å². The summed E-state index contributed by atoms with van der Waals surface area (Å²) in [7, 11) is 0. The fourth-order valence-electron chi connectivity index (χ4n) is 0.678. The van der Waals surface area contributed by atoms with Crippen LogP contribution in [0.3, 0.4) is 0 Å². The van der Waals surface area contributed by atoms with Crippen molar-refractivity contribution in [3.8, 4) is 6.07 Å². The zero-order valence-electron chi connectivity index (χ0n) is 6.86. The number of rotatable bonds is 2. The Labute approximate surface area is 57.9 Å². The van der Waals surface area contributed by atoms with Crippen LogP contribution in [0.25, 0.3) is 4.85 Å². The lowest BCUT2D eigenvalue weighted by Crippen LogP contribution is -2.15. The molecule has 0 bridgehead atoms. The maximum absolute atomic E-state index is 4.24. The first kappa shape index (κ1) is 8.49. The molecule has 0 aliphatic rings. The Kier molecular flexibility index (Phi) is 3.30. The van der Waals surface area contributed by atoms with Gasteiger partial charge >= 0.3 is 0 Å². The standard InChI is InChI=1S/C8H16N/c1-5-8(4,6-2)9-7-3/h5-6H2,1-4H3/q+1. The van der Waals surface area contributed by atoms with Gasteiger partial charge in [-0.1, -0.05) is 18.7 Å². The Morgan fingerprint density at radius 1 is 1.33 bits per heavy atom. The highest BCUT2D eigenvalue weighted by Gasteiger charge is 2.28. The second-order valence-corrected chi connectivity index (χ2v) is 2.54. The summed E-state index contributed by atoms with van der Waals surface area (Å²) in [6, 6.07) is 2.84. The summed E-state index contributed by atoms with van der Waals surface area (Å²) in [5.74, 6) is 0. The van der Waals surface area contributed by atoms with E-state index in [1.807, 2.05) is 6.92 Å². The van der Waals surface area contributed by atoms with Crippen molar-refractivity contribution >= 4 is 0 Å². The number of hydrogen-bond donors (Lipinski definition) is 0. The molecular weight excluding hydrogens is 110 g/mol. The Bertz CT molecular complexity index is 123. The first-order valence-electron chi connectivity index (χ1n) is 3.57. The van der Waals surface area contributed by atoms with E-state index >= 15 is 0 Å². The molecule has 0 saturated heterocycles. The van der Waals surface area contributed by atoms with Crippen molar-refractivity contribution in [2.45, 2.75) is 46.1 Å². The molecule has 1 nitrogen and oxygen atoms in total. The largest absolute Gasteiger partial charge is 0.277 e. The molecule has 0 fully saturated rings. The van der Waals surface area contributed by atoms with Gasteiger partial charge in [-0.3, -0.25) is 0 Å². The Hall–Kier alpha value is -0.510. The van der Waals surface area contributed by atoms with Gasteiger partial charge in [-0.25, -0.2) is 0 Å². The van der Waals surface area contributed by atoms with Crippen molar-refractivity contribution in [1.82, 2.24) is 0 Å². The second kappa shape index (κ2) is 3.50. The van der Waals surface area contributed by atoms with Crippen LogP contribution in [0.4, 0.5) is 0 Å². The molecule has 0 aliphatic heterocycles. The van der Waals surface area contributed by atoms with Crippen LogP contribution < -0.4 is 0 Å². The van der Waals surface area contributed by atoms with E-state index in [1.54, 1.807) is 0 Å². The van der Waals surface area contributed by atoms with Gasteiger partial charge < -0.3 is 0 Å². The third kappa shape index (κ3) is 2.51. The minimum absolute atomic E-state index is 0.148. The van der Waals surface area contributed by atoms with Gasteiger partial charge in [0.1, 0.15) is 0 Å². The summed E-state index contributed by atoms with van der Waals surface area (Å²) in [5.41, 5.74) is 0.148. The topological polar surface area (TPSA) is 4.36 Å². The summed E-state index contributed by atoms with van der Waals surface area (Å²) in [6.07, 6.45) is 2.20. The van der Waals surface area contributed by atoms with E-state index in [1.165, 1.54) is 0 Å². The fraction of sp³-hybridized carbons (Fsp3) is 0.875. The minimum atomic E-state index is 0.148. The van der Waals surface area contributed by atoms with Crippen LogP contribution in [0.1, 0.15) is 40.5 Å². The minimum Gasteiger partial charge on any atom is -0.0778 e. The molecule has 0 radical (unpaired) electrons. The molecule has 0 unspecified atom stereocenters. The lowest BCUT2D eigenvalue weighted by Gasteiger charge is -2.04. The first-order chi connectivity index (χ1) is 4.18. The highest BCUT2D eigenvalue weighted by Crippen LogP contribution is 2.18. The monoisotopic (exact) mass is 126 g/mol. The van der Waals surface area contributed by atoms with Crippen molar-refractivity contribution in [1.29, 1.82) is 0 Å². The SMILES string of the molecule is CC#[N+]C(C)(CC)CC. The van der Waals surface area contributed by atoms with Gasteiger partial charge in [0.25, 0.3) is 11.6 Å². The predicted molar refractivity (Wildman–Crippen MR) is 41.9 cm³/mol. The Balaban J connectivity index is 4.03. The smallest absolute Gasteiger partial charge is 0.0778 e. The third-order valence-corrected chi connectivity index (χ3v) is 1.91. The van der Waals surface area contributed by atoms with Crippen molar-refractivity contribution < 1.29 is 0 Å². The van der Waals surface area contributed by atoms with E-state index in [4.69, 9.17) is 0 Å². The summed E-state index contributed by atoms with van der Waals surface area (Å²) in [4.78, 5) is 4.24. The highest BCUT2D eigenvalue weighted by atomic mass is 14.8. The Morgan fingerprint density at radius 2 is 1.78 bits per heavy atom. The molecule has 0 amide bonds. The molecule has 0 N–H and O–H groups in total. The third-order valence-electron chi connectivity index (χ3n) is 1.91. The van der Waals surface area contributed by atoms with Crippen LogP contribution in [0.15, 0.2) is 0 Å². The van der Waals surface area contributed by atoms with Crippen molar-refractivity contribution in [2.24, 2.45) is 0 Å². The molecule has 0 spiro atoms. The average molecular weight is 126 g/mol. The molecule has 0 atom stereocenters. The molecule has 0 saturated carbocycles. The van der Waals surface area contributed by atoms with Gasteiger partial charge in [-0.05, 0) is 0 Å². The summed E-state index contributed by atoms with van der Waals surface area (Å²) >= 11 is 0. The molecular formula is C8H16N+. The summed E-state index contributed by atoms with van der Waals surface area (Å²) in [5, 5.41) is 0. The van der Waals surface area contributed by atoms with E-state index in [2.05, 4.69) is 31.7 Å². The van der Waals surface area contributed by atoms with Crippen molar-refractivity contribution in [2.75, 3.05) is 0 Å². The first-order valence-corrected chi connectivity index (χ1v) is 3.57. The predicted octanol–water partition coefficient (Wildman–Crippen LogP) is 2.92. The highest BCUT2D eigenvalue weighted by molar-refractivity contribution is 4.98. The zero-order chi connectivity index (χ0) is 7.33. The molecule has 0 aromatic heterocycles. The van der Waals surface area contributed by atoms with Crippen molar-refractivity contribution in [3.05, 3.63) is 4.85 Å². The van der Waals surface area contributed by atoms with E-state index in [-0.39, 0.29) is 5.54 Å². The molecule has 0 aromatic carbocycles. The van der Waals surface area contributed by atoms with Gasteiger partial charge in [0.15, 0.2) is 0 Å². The Morgan fingerprint density at radius 3 is 1.89 bits per heavy atom. The van der Waals surface area contributed by atoms with Crippen LogP contribution in [0.5, 0.6) is 0 Å². The second-order valence-electron chi connectivity index (χ2n) is 2.54. The molecule has 0 aliphatic carbocycles. The van der Waals surface area contributed by atoms with Crippen LogP contribution in [0.2, 0.25) is 0 Å². The van der Waals surface area contributed by atoms with E-state index in [0.717, 1.165) is 12.8 Å². The molecule has 0 rings (SSSR count). The molecule has 1 heteroatoms. The summed E-state index contributed by atoms with van der Waals surface area (Å²) in [6.45, 7) is 8.32. The lowest BCUT2D eigenvalue weighted by atomic mass is 9.97. The average Bonchev–Trinajstić information content (AvgIpc) is 1.89. The van der Waals surface area contributed by atoms with Crippen LogP contribution in [0, 0.1) is 6.07 Å². The number of hydrogen-bond acceptors (Lipinski definition) is 0. The van der Waals surface area contributed by atoms with Crippen LogP contribution >= 0.6 is 0 Å². The van der Waals surface area contributed by atoms with Crippen molar-refractivity contribution in [3.63, 3.8) is 0 Å². The van der Waals surface area contributed by atoms with Gasteiger partial charge in [-0.2, -0.15) is 0 Å². The zero-order valence-corrected chi connectivity index (χ0v) is 6.86. The number of nitrogens with zero attached hydrogens (tertiary/aromatic N) is 1. The van der Waals surface area contributed by atoms with Crippen LogP contribution in [-0.2, 0) is 0 Å². The molecule has 52 valence electrons. The molecule has 0 heterocycles. The van der Waals surface area contributed by atoms with Crippen LogP contribution in [-0.4, -0.2) is 5.54 Å².